The van der Waals surface area contributed by atoms with E-state index in [4.69, 9.17) is 0 Å². The topological polar surface area (TPSA) is 49.4 Å². The van der Waals surface area contributed by atoms with Gasteiger partial charge in [0.25, 0.3) is 5.91 Å². The minimum absolute atomic E-state index is 0.00124. The van der Waals surface area contributed by atoms with Crippen molar-refractivity contribution in [2.45, 2.75) is 51.0 Å². The van der Waals surface area contributed by atoms with Crippen LogP contribution < -0.4 is 10.2 Å². The summed E-state index contributed by atoms with van der Waals surface area (Å²) in [4.78, 5) is 27.0. The van der Waals surface area contributed by atoms with Gasteiger partial charge in [0.05, 0.1) is 0 Å². The second-order valence-electron chi connectivity index (χ2n) is 6.18. The highest BCUT2D eigenvalue weighted by Crippen LogP contribution is 2.34. The molecule has 2 amide bonds. The molecule has 2 fully saturated rings. The van der Waals surface area contributed by atoms with E-state index in [1.165, 1.54) is 0 Å². The minimum Gasteiger partial charge on any atom is -0.342 e. The van der Waals surface area contributed by atoms with E-state index in [1.54, 1.807) is 0 Å². The van der Waals surface area contributed by atoms with Crippen LogP contribution in [0.5, 0.6) is 0 Å². The van der Waals surface area contributed by atoms with Crippen LogP contribution in [0.2, 0.25) is 0 Å². The summed E-state index contributed by atoms with van der Waals surface area (Å²) in [7, 11) is 0. The molecule has 0 unspecified atom stereocenters. The third kappa shape index (κ3) is 2.55. The number of carbonyl (C=O) groups excluding carboxylic acids is 2. The lowest BCUT2D eigenvalue weighted by Gasteiger charge is -2.38. The van der Waals surface area contributed by atoms with Crippen LogP contribution in [0.15, 0.2) is 24.3 Å². The first kappa shape index (κ1) is 14.1. The lowest BCUT2D eigenvalue weighted by Crippen LogP contribution is -2.58. The number of nitrogens with one attached hydrogen (secondary N) is 1. The van der Waals surface area contributed by atoms with E-state index in [0.29, 0.717) is 13.0 Å². The number of hydrogen-bond donors (Lipinski definition) is 1. The molecule has 1 aliphatic carbocycles. The number of amides is 2. The van der Waals surface area contributed by atoms with Crippen molar-refractivity contribution in [1.29, 1.82) is 0 Å². The van der Waals surface area contributed by atoms with E-state index in [0.717, 1.165) is 43.4 Å². The van der Waals surface area contributed by atoms with Crippen molar-refractivity contribution in [3.05, 3.63) is 29.8 Å². The summed E-state index contributed by atoms with van der Waals surface area (Å²) >= 11 is 0. The van der Waals surface area contributed by atoms with E-state index in [-0.39, 0.29) is 11.8 Å². The van der Waals surface area contributed by atoms with Crippen LogP contribution in [-0.2, 0) is 9.59 Å². The van der Waals surface area contributed by atoms with Crippen LogP contribution >= 0.6 is 0 Å². The summed E-state index contributed by atoms with van der Waals surface area (Å²) in [6.07, 6.45) is 5.07. The van der Waals surface area contributed by atoms with Gasteiger partial charge in [-0.1, -0.05) is 37.5 Å². The first-order valence-electron chi connectivity index (χ1n) is 7.81. The van der Waals surface area contributed by atoms with Crippen molar-refractivity contribution in [3.63, 3.8) is 0 Å². The molecule has 0 bridgehead atoms. The third-order valence-corrected chi connectivity index (χ3v) is 4.71. The Balaban J connectivity index is 1.99. The molecule has 1 aromatic carbocycles. The molecule has 2 aliphatic rings. The van der Waals surface area contributed by atoms with Gasteiger partial charge in [0.15, 0.2) is 0 Å². The molecule has 1 heterocycles. The predicted molar refractivity (Wildman–Crippen MR) is 82.1 cm³/mol. The van der Waals surface area contributed by atoms with Gasteiger partial charge in [0.1, 0.15) is 5.54 Å². The lowest BCUT2D eigenvalue weighted by molar-refractivity contribution is -0.131. The minimum atomic E-state index is -0.673. The molecule has 1 aromatic rings. The molecule has 1 spiro atoms. The largest absolute Gasteiger partial charge is 0.342 e. The maximum absolute atomic E-state index is 13.1. The van der Waals surface area contributed by atoms with E-state index < -0.39 is 5.54 Å². The fourth-order valence-electron chi connectivity index (χ4n) is 3.55. The standard InChI is InChI=1S/C17H22N2O2/c1-13-7-3-4-8-14(13)19-12-9-15(20)18-17(16(19)21)10-5-2-6-11-17/h3-4,7-8H,2,5-6,9-12H2,1H3,(H,18,20). The lowest BCUT2D eigenvalue weighted by atomic mass is 9.80. The monoisotopic (exact) mass is 286 g/mol. The van der Waals surface area contributed by atoms with Gasteiger partial charge in [-0.25, -0.2) is 0 Å². The van der Waals surface area contributed by atoms with E-state index in [1.807, 2.05) is 36.1 Å². The van der Waals surface area contributed by atoms with Gasteiger partial charge in [-0.3, -0.25) is 9.59 Å². The molecule has 0 atom stereocenters. The van der Waals surface area contributed by atoms with Gasteiger partial charge in [-0.15, -0.1) is 0 Å². The summed E-state index contributed by atoms with van der Waals surface area (Å²) in [5.41, 5.74) is 1.34. The SMILES string of the molecule is Cc1ccccc1N1CCC(=O)NC2(CCCCC2)C1=O. The van der Waals surface area contributed by atoms with Gasteiger partial charge in [0, 0.05) is 18.7 Å². The molecule has 3 rings (SSSR count). The van der Waals surface area contributed by atoms with Gasteiger partial charge in [0.2, 0.25) is 5.91 Å². The zero-order valence-corrected chi connectivity index (χ0v) is 12.5. The van der Waals surface area contributed by atoms with Gasteiger partial charge in [-0.05, 0) is 31.4 Å². The summed E-state index contributed by atoms with van der Waals surface area (Å²) in [6.45, 7) is 2.48. The molecule has 112 valence electrons. The average Bonchev–Trinajstić information content (AvgIpc) is 2.60. The summed E-state index contributed by atoms with van der Waals surface area (Å²) in [5.74, 6) is 0.0729. The Labute approximate surface area is 125 Å². The van der Waals surface area contributed by atoms with Crippen LogP contribution in [0, 0.1) is 6.92 Å². The van der Waals surface area contributed by atoms with Crippen molar-refractivity contribution in [3.8, 4) is 0 Å². The van der Waals surface area contributed by atoms with E-state index in [9.17, 15) is 9.59 Å². The Morgan fingerprint density at radius 3 is 2.52 bits per heavy atom. The molecule has 0 radical (unpaired) electrons. The van der Waals surface area contributed by atoms with Gasteiger partial charge in [-0.2, -0.15) is 0 Å². The average molecular weight is 286 g/mol. The Kier molecular flexibility index (Phi) is 3.70. The molecule has 1 aliphatic heterocycles. The molecule has 1 N–H and O–H groups in total. The number of para-hydroxylation sites is 1. The van der Waals surface area contributed by atoms with E-state index in [2.05, 4.69) is 5.32 Å². The zero-order valence-electron chi connectivity index (χ0n) is 12.5. The maximum Gasteiger partial charge on any atom is 0.252 e. The Hall–Kier alpha value is -1.84. The van der Waals surface area contributed by atoms with Crippen molar-refractivity contribution < 1.29 is 9.59 Å². The number of nitrogens with zero attached hydrogens (tertiary/aromatic N) is 1. The number of benzene rings is 1. The highest BCUT2D eigenvalue weighted by atomic mass is 16.2. The smallest absolute Gasteiger partial charge is 0.252 e. The van der Waals surface area contributed by atoms with E-state index >= 15 is 0 Å². The molecular formula is C17H22N2O2. The third-order valence-electron chi connectivity index (χ3n) is 4.71. The molecule has 4 heteroatoms. The molecule has 1 saturated heterocycles. The first-order valence-corrected chi connectivity index (χ1v) is 7.81. The fourth-order valence-corrected chi connectivity index (χ4v) is 3.55. The van der Waals surface area contributed by atoms with Crippen molar-refractivity contribution in [2.75, 3.05) is 11.4 Å². The first-order chi connectivity index (χ1) is 10.1. The van der Waals surface area contributed by atoms with Crippen LogP contribution in [0.4, 0.5) is 5.69 Å². The number of carbonyl (C=O) groups is 2. The second kappa shape index (κ2) is 5.51. The Morgan fingerprint density at radius 1 is 1.10 bits per heavy atom. The highest BCUT2D eigenvalue weighted by molar-refractivity contribution is 6.04. The molecule has 0 aromatic heterocycles. The van der Waals surface area contributed by atoms with Crippen LogP contribution in [-0.4, -0.2) is 23.9 Å². The fraction of sp³-hybridized carbons (Fsp3) is 0.529. The Bertz CT molecular complexity index is 562. The van der Waals surface area contributed by atoms with Crippen LogP contribution in [0.25, 0.3) is 0 Å². The van der Waals surface area contributed by atoms with Gasteiger partial charge < -0.3 is 10.2 Å². The second-order valence-corrected chi connectivity index (χ2v) is 6.18. The summed E-state index contributed by atoms with van der Waals surface area (Å²) < 4.78 is 0. The zero-order chi connectivity index (χ0) is 14.9. The normalized spacial score (nSPS) is 22.0. The van der Waals surface area contributed by atoms with Crippen molar-refractivity contribution in [2.24, 2.45) is 0 Å². The number of aryl methyl sites for hydroxylation is 1. The predicted octanol–water partition coefficient (Wildman–Crippen LogP) is 2.55. The molecule has 21 heavy (non-hydrogen) atoms. The quantitative estimate of drug-likeness (QED) is 0.862. The summed E-state index contributed by atoms with van der Waals surface area (Å²) in [5, 5.41) is 3.03. The summed E-state index contributed by atoms with van der Waals surface area (Å²) in [6, 6.07) is 7.90. The number of rotatable bonds is 1. The van der Waals surface area contributed by atoms with Gasteiger partial charge >= 0.3 is 0 Å². The van der Waals surface area contributed by atoms with Crippen LogP contribution in [0.1, 0.15) is 44.1 Å². The highest BCUT2D eigenvalue weighted by Gasteiger charge is 2.45. The molecule has 1 saturated carbocycles. The van der Waals surface area contributed by atoms with Crippen molar-refractivity contribution >= 4 is 17.5 Å². The van der Waals surface area contributed by atoms with Crippen molar-refractivity contribution in [1.82, 2.24) is 5.32 Å². The molecular weight excluding hydrogens is 264 g/mol. The molecule has 4 nitrogen and oxygen atoms in total. The maximum atomic E-state index is 13.1. The Morgan fingerprint density at radius 2 is 1.81 bits per heavy atom. The van der Waals surface area contributed by atoms with Crippen LogP contribution in [0.3, 0.4) is 0 Å². The number of hydrogen-bond acceptors (Lipinski definition) is 2. The number of anilines is 1.